The van der Waals surface area contributed by atoms with E-state index in [1.807, 2.05) is 6.92 Å². The molecule has 1 aliphatic heterocycles. The molecule has 1 fully saturated rings. The molecule has 1 saturated heterocycles. The summed E-state index contributed by atoms with van der Waals surface area (Å²) in [6.45, 7) is 2.31. The summed E-state index contributed by atoms with van der Waals surface area (Å²) in [4.78, 5) is 38.6. The van der Waals surface area contributed by atoms with Crippen LogP contribution in [0.4, 0.5) is 10.5 Å². The first-order chi connectivity index (χ1) is 12.5. The largest absolute Gasteiger partial charge is 0.494 e. The topological polar surface area (TPSA) is 66.9 Å². The van der Waals surface area contributed by atoms with Gasteiger partial charge in [0.2, 0.25) is 0 Å². The minimum absolute atomic E-state index is 0.110. The van der Waals surface area contributed by atoms with Gasteiger partial charge in [0, 0.05) is 11.6 Å². The third-order valence-corrected chi connectivity index (χ3v) is 4.21. The highest BCUT2D eigenvalue weighted by Gasteiger charge is 2.44. The molecule has 2 aromatic carbocycles. The van der Waals surface area contributed by atoms with E-state index in [9.17, 15) is 14.4 Å². The van der Waals surface area contributed by atoms with Gasteiger partial charge in [-0.3, -0.25) is 14.5 Å². The summed E-state index contributed by atoms with van der Waals surface area (Å²) < 4.78 is 5.54. The SMILES string of the molecule is Cc1ccc(N2C(=O)C(=O)N(CCCOc3ccc(Cl)cc3)C2=O)cc1. The number of ether oxygens (including phenoxy) is 1. The Morgan fingerprint density at radius 3 is 2.23 bits per heavy atom. The first-order valence-corrected chi connectivity index (χ1v) is 8.50. The second-order valence-corrected chi connectivity index (χ2v) is 6.31. The Morgan fingerprint density at radius 1 is 0.923 bits per heavy atom. The van der Waals surface area contributed by atoms with Gasteiger partial charge in [-0.1, -0.05) is 29.3 Å². The van der Waals surface area contributed by atoms with Crippen molar-refractivity contribution in [1.82, 2.24) is 4.90 Å². The molecule has 3 rings (SSSR count). The summed E-state index contributed by atoms with van der Waals surface area (Å²) in [5.41, 5.74) is 1.38. The quantitative estimate of drug-likeness (QED) is 0.442. The maximum atomic E-state index is 12.5. The monoisotopic (exact) mass is 372 g/mol. The van der Waals surface area contributed by atoms with Crippen molar-refractivity contribution < 1.29 is 19.1 Å². The van der Waals surface area contributed by atoms with Gasteiger partial charge in [-0.25, -0.2) is 9.69 Å². The van der Waals surface area contributed by atoms with E-state index in [1.165, 1.54) is 0 Å². The maximum Gasteiger partial charge on any atom is 0.338 e. The summed E-state index contributed by atoms with van der Waals surface area (Å²) >= 11 is 5.80. The van der Waals surface area contributed by atoms with E-state index in [0.717, 1.165) is 15.4 Å². The highest BCUT2D eigenvalue weighted by Crippen LogP contribution is 2.23. The molecule has 0 radical (unpaired) electrons. The molecule has 0 spiro atoms. The molecule has 4 amide bonds. The number of halogens is 1. The zero-order valence-corrected chi connectivity index (χ0v) is 14.9. The number of rotatable bonds is 6. The molecule has 0 atom stereocenters. The van der Waals surface area contributed by atoms with Crippen molar-refractivity contribution in [1.29, 1.82) is 0 Å². The van der Waals surface area contributed by atoms with Crippen molar-refractivity contribution in [2.75, 3.05) is 18.1 Å². The lowest BCUT2D eigenvalue weighted by molar-refractivity contribution is -0.139. The van der Waals surface area contributed by atoms with E-state index in [-0.39, 0.29) is 6.54 Å². The number of aryl methyl sites for hydroxylation is 1. The number of benzene rings is 2. The van der Waals surface area contributed by atoms with Crippen LogP contribution < -0.4 is 9.64 Å². The van der Waals surface area contributed by atoms with Crippen molar-refractivity contribution in [3.8, 4) is 5.75 Å². The third-order valence-electron chi connectivity index (χ3n) is 3.95. The van der Waals surface area contributed by atoms with Gasteiger partial charge in [-0.15, -0.1) is 0 Å². The van der Waals surface area contributed by atoms with Crippen LogP contribution in [-0.2, 0) is 9.59 Å². The van der Waals surface area contributed by atoms with Crippen LogP contribution in [0.5, 0.6) is 5.75 Å². The lowest BCUT2D eigenvalue weighted by Gasteiger charge is -2.15. The normalized spacial score (nSPS) is 14.3. The minimum atomic E-state index is -0.836. The van der Waals surface area contributed by atoms with Gasteiger partial charge in [-0.05, 0) is 49.7 Å². The van der Waals surface area contributed by atoms with Gasteiger partial charge in [0.05, 0.1) is 12.3 Å². The fraction of sp³-hybridized carbons (Fsp3) is 0.211. The molecule has 0 aliphatic carbocycles. The second kappa shape index (κ2) is 7.58. The van der Waals surface area contributed by atoms with Crippen LogP contribution in [0.25, 0.3) is 0 Å². The zero-order chi connectivity index (χ0) is 18.7. The molecule has 26 heavy (non-hydrogen) atoms. The molecule has 0 saturated carbocycles. The fourth-order valence-electron chi connectivity index (χ4n) is 2.57. The Labute approximate surface area is 155 Å². The average Bonchev–Trinajstić information content (AvgIpc) is 2.84. The number of carbonyl (C=O) groups excluding carboxylic acids is 3. The Kier molecular flexibility index (Phi) is 5.23. The van der Waals surface area contributed by atoms with Crippen LogP contribution >= 0.6 is 11.6 Å². The molecule has 1 aliphatic rings. The molecule has 134 valence electrons. The van der Waals surface area contributed by atoms with Gasteiger partial charge in [0.15, 0.2) is 0 Å². The van der Waals surface area contributed by atoms with E-state index < -0.39 is 17.8 Å². The van der Waals surface area contributed by atoms with E-state index in [0.29, 0.717) is 29.5 Å². The lowest BCUT2D eigenvalue weighted by atomic mass is 10.2. The summed E-state index contributed by atoms with van der Waals surface area (Å²) in [7, 11) is 0. The number of anilines is 1. The molecule has 0 N–H and O–H groups in total. The maximum absolute atomic E-state index is 12.5. The van der Waals surface area contributed by atoms with E-state index >= 15 is 0 Å². The smallest absolute Gasteiger partial charge is 0.338 e. The first kappa shape index (κ1) is 17.9. The third kappa shape index (κ3) is 3.70. The van der Waals surface area contributed by atoms with Crippen molar-refractivity contribution in [3.05, 3.63) is 59.1 Å². The van der Waals surface area contributed by atoms with Crippen LogP contribution in [-0.4, -0.2) is 35.9 Å². The zero-order valence-electron chi connectivity index (χ0n) is 14.1. The van der Waals surface area contributed by atoms with Crippen LogP contribution in [0.2, 0.25) is 5.02 Å². The Bertz CT molecular complexity index is 834. The highest BCUT2D eigenvalue weighted by atomic mass is 35.5. The molecule has 0 aromatic heterocycles. The molecular weight excluding hydrogens is 356 g/mol. The van der Waals surface area contributed by atoms with Crippen molar-refractivity contribution >= 4 is 35.1 Å². The molecule has 7 heteroatoms. The molecule has 0 unspecified atom stereocenters. The summed E-state index contributed by atoms with van der Waals surface area (Å²) in [6.07, 6.45) is 0.412. The van der Waals surface area contributed by atoms with Crippen molar-refractivity contribution in [2.45, 2.75) is 13.3 Å². The van der Waals surface area contributed by atoms with Crippen LogP contribution in [0.3, 0.4) is 0 Å². The van der Waals surface area contributed by atoms with Gasteiger partial charge in [0.1, 0.15) is 5.75 Å². The van der Waals surface area contributed by atoms with Gasteiger partial charge >= 0.3 is 17.8 Å². The van der Waals surface area contributed by atoms with Crippen molar-refractivity contribution in [3.63, 3.8) is 0 Å². The van der Waals surface area contributed by atoms with Crippen molar-refractivity contribution in [2.24, 2.45) is 0 Å². The van der Waals surface area contributed by atoms with Gasteiger partial charge < -0.3 is 4.74 Å². The van der Waals surface area contributed by atoms with Crippen LogP contribution in [0.15, 0.2) is 48.5 Å². The van der Waals surface area contributed by atoms with E-state index in [4.69, 9.17) is 16.3 Å². The molecule has 0 bridgehead atoms. The Morgan fingerprint density at radius 2 is 1.58 bits per heavy atom. The highest BCUT2D eigenvalue weighted by molar-refractivity contribution is 6.52. The number of hydrogen-bond donors (Lipinski definition) is 0. The standard InChI is InChI=1S/C19H17ClN2O4/c1-13-3-7-15(8-4-13)22-18(24)17(23)21(19(22)25)11-2-12-26-16-9-5-14(20)6-10-16/h3-10H,2,11-12H2,1H3. The number of imide groups is 2. The predicted molar refractivity (Wildman–Crippen MR) is 97.3 cm³/mol. The first-order valence-electron chi connectivity index (χ1n) is 8.12. The fourth-order valence-corrected chi connectivity index (χ4v) is 2.69. The summed E-state index contributed by atoms with van der Waals surface area (Å²) in [6, 6.07) is 13.1. The molecule has 2 aromatic rings. The van der Waals surface area contributed by atoms with E-state index in [2.05, 4.69) is 0 Å². The predicted octanol–water partition coefficient (Wildman–Crippen LogP) is 3.41. The Balaban J connectivity index is 1.59. The van der Waals surface area contributed by atoms with Crippen LogP contribution in [0.1, 0.15) is 12.0 Å². The van der Waals surface area contributed by atoms with Gasteiger partial charge in [-0.2, -0.15) is 0 Å². The number of nitrogens with zero attached hydrogens (tertiary/aromatic N) is 2. The second-order valence-electron chi connectivity index (χ2n) is 5.87. The Hall–Kier alpha value is -2.86. The van der Waals surface area contributed by atoms with Crippen LogP contribution in [0, 0.1) is 6.92 Å². The summed E-state index contributed by atoms with van der Waals surface area (Å²) in [5.74, 6) is -1.01. The number of urea groups is 1. The number of carbonyl (C=O) groups is 3. The number of amides is 4. The van der Waals surface area contributed by atoms with Gasteiger partial charge in [0.25, 0.3) is 0 Å². The molecule has 1 heterocycles. The molecular formula is C19H17ClN2O4. The molecule has 6 nitrogen and oxygen atoms in total. The summed E-state index contributed by atoms with van der Waals surface area (Å²) in [5, 5.41) is 0.611. The lowest BCUT2D eigenvalue weighted by Crippen LogP contribution is -2.34. The minimum Gasteiger partial charge on any atom is -0.494 e. The average molecular weight is 373 g/mol. The number of hydrogen-bond acceptors (Lipinski definition) is 4. The van der Waals surface area contributed by atoms with E-state index in [1.54, 1.807) is 48.5 Å².